The summed E-state index contributed by atoms with van der Waals surface area (Å²) < 4.78 is 10.7. The second kappa shape index (κ2) is 8.71. The van der Waals surface area contributed by atoms with Crippen LogP contribution in [-0.2, 0) is 11.3 Å². The molecular formula is C22H25N3O3. The topological polar surface area (TPSA) is 67.6 Å². The highest BCUT2D eigenvalue weighted by Gasteiger charge is 2.13. The largest absolute Gasteiger partial charge is 0.496 e. The number of hydrogen-bond donors (Lipinski definition) is 1. The predicted octanol–water partition coefficient (Wildman–Crippen LogP) is 4.04. The number of methoxy groups -OCH3 is 1. The molecule has 1 amide bonds. The molecule has 0 spiro atoms. The highest BCUT2D eigenvalue weighted by Crippen LogP contribution is 2.23. The summed E-state index contributed by atoms with van der Waals surface area (Å²) >= 11 is 0. The molecule has 1 N–H and O–H groups in total. The summed E-state index contributed by atoms with van der Waals surface area (Å²) in [6.07, 6.45) is 0. The SMILES string of the molecule is COc1ccc(C)cc1CN(C)CC(=O)Nc1cc(-c2ccc(C)cc2)no1. The van der Waals surface area contributed by atoms with E-state index >= 15 is 0 Å². The predicted molar refractivity (Wildman–Crippen MR) is 109 cm³/mol. The fraction of sp³-hybridized carbons (Fsp3) is 0.273. The Morgan fingerprint density at radius 3 is 2.54 bits per heavy atom. The third-order valence-electron chi connectivity index (χ3n) is 4.41. The number of carbonyl (C=O) groups is 1. The molecule has 3 rings (SSSR count). The summed E-state index contributed by atoms with van der Waals surface area (Å²) in [5, 5.41) is 6.79. The van der Waals surface area contributed by atoms with E-state index in [2.05, 4.69) is 16.5 Å². The van der Waals surface area contributed by atoms with Crippen molar-refractivity contribution in [3.63, 3.8) is 0 Å². The second-order valence-corrected chi connectivity index (χ2v) is 6.98. The van der Waals surface area contributed by atoms with Crippen LogP contribution in [0.1, 0.15) is 16.7 Å². The molecule has 0 unspecified atom stereocenters. The van der Waals surface area contributed by atoms with Gasteiger partial charge in [-0.1, -0.05) is 52.7 Å². The number of nitrogens with one attached hydrogen (secondary N) is 1. The van der Waals surface area contributed by atoms with Gasteiger partial charge in [-0.15, -0.1) is 0 Å². The van der Waals surface area contributed by atoms with Crippen molar-refractivity contribution in [3.05, 3.63) is 65.2 Å². The first-order valence-electron chi connectivity index (χ1n) is 9.10. The highest BCUT2D eigenvalue weighted by atomic mass is 16.5. The van der Waals surface area contributed by atoms with E-state index in [-0.39, 0.29) is 12.5 Å². The number of aryl methyl sites for hydroxylation is 2. The second-order valence-electron chi connectivity index (χ2n) is 6.98. The van der Waals surface area contributed by atoms with E-state index in [0.717, 1.165) is 22.4 Å². The minimum absolute atomic E-state index is 0.166. The molecular weight excluding hydrogens is 354 g/mol. The maximum atomic E-state index is 12.4. The van der Waals surface area contributed by atoms with Crippen LogP contribution in [-0.4, -0.2) is 36.7 Å². The molecule has 1 heterocycles. The van der Waals surface area contributed by atoms with Crippen LogP contribution in [0.15, 0.2) is 53.1 Å². The first-order valence-corrected chi connectivity index (χ1v) is 9.10. The maximum Gasteiger partial charge on any atom is 0.240 e. The van der Waals surface area contributed by atoms with E-state index in [1.807, 2.05) is 62.2 Å². The first-order chi connectivity index (χ1) is 13.4. The number of carbonyl (C=O) groups excluding carboxylic acids is 1. The molecule has 0 saturated heterocycles. The summed E-state index contributed by atoms with van der Waals surface area (Å²) in [5.41, 5.74) is 5.00. The fourth-order valence-corrected chi connectivity index (χ4v) is 2.99. The van der Waals surface area contributed by atoms with Crippen molar-refractivity contribution in [2.45, 2.75) is 20.4 Å². The lowest BCUT2D eigenvalue weighted by Crippen LogP contribution is -2.29. The number of aromatic nitrogens is 1. The Bertz CT molecular complexity index is 948. The smallest absolute Gasteiger partial charge is 0.240 e. The van der Waals surface area contributed by atoms with Crippen molar-refractivity contribution in [1.82, 2.24) is 10.1 Å². The summed E-state index contributed by atoms with van der Waals surface area (Å²) in [6, 6.07) is 15.7. The van der Waals surface area contributed by atoms with E-state index in [4.69, 9.17) is 9.26 Å². The molecule has 28 heavy (non-hydrogen) atoms. The third-order valence-corrected chi connectivity index (χ3v) is 4.41. The minimum atomic E-state index is -0.166. The van der Waals surface area contributed by atoms with E-state index < -0.39 is 0 Å². The van der Waals surface area contributed by atoms with Crippen LogP contribution in [0.5, 0.6) is 5.75 Å². The minimum Gasteiger partial charge on any atom is -0.496 e. The molecule has 0 aliphatic heterocycles. The van der Waals surface area contributed by atoms with Crippen molar-refractivity contribution in [3.8, 4) is 17.0 Å². The molecule has 0 fully saturated rings. The lowest BCUT2D eigenvalue weighted by atomic mass is 10.1. The van der Waals surface area contributed by atoms with Crippen molar-refractivity contribution in [2.75, 3.05) is 26.0 Å². The quantitative estimate of drug-likeness (QED) is 0.671. The van der Waals surface area contributed by atoms with E-state index in [9.17, 15) is 4.79 Å². The Kier molecular flexibility index (Phi) is 6.11. The van der Waals surface area contributed by atoms with Gasteiger partial charge in [-0.2, -0.15) is 0 Å². The molecule has 0 saturated carbocycles. The molecule has 0 atom stereocenters. The first kappa shape index (κ1) is 19.6. The van der Waals surface area contributed by atoms with Gasteiger partial charge in [0.15, 0.2) is 0 Å². The zero-order chi connectivity index (χ0) is 20.1. The number of hydrogen-bond acceptors (Lipinski definition) is 5. The number of benzene rings is 2. The Labute approximate surface area is 165 Å². The highest BCUT2D eigenvalue weighted by molar-refractivity contribution is 5.91. The Morgan fingerprint density at radius 1 is 1.11 bits per heavy atom. The number of nitrogens with zero attached hydrogens (tertiary/aromatic N) is 2. The maximum absolute atomic E-state index is 12.4. The molecule has 0 radical (unpaired) electrons. The molecule has 2 aromatic carbocycles. The molecule has 0 bridgehead atoms. The molecule has 0 aliphatic carbocycles. The summed E-state index contributed by atoms with van der Waals surface area (Å²) in [5.74, 6) is 0.985. The zero-order valence-electron chi connectivity index (χ0n) is 16.7. The van der Waals surface area contributed by atoms with Crippen LogP contribution in [0.4, 0.5) is 5.88 Å². The van der Waals surface area contributed by atoms with Crippen LogP contribution in [0.3, 0.4) is 0 Å². The van der Waals surface area contributed by atoms with Crippen LogP contribution in [0, 0.1) is 13.8 Å². The number of likely N-dealkylation sites (N-methyl/N-ethyl adjacent to an activating group) is 1. The normalized spacial score (nSPS) is 10.9. The van der Waals surface area contributed by atoms with Crippen LogP contribution < -0.4 is 10.1 Å². The summed E-state index contributed by atoms with van der Waals surface area (Å²) in [4.78, 5) is 14.3. The van der Waals surface area contributed by atoms with Gasteiger partial charge < -0.3 is 9.26 Å². The monoisotopic (exact) mass is 379 g/mol. The van der Waals surface area contributed by atoms with Gasteiger partial charge in [0.25, 0.3) is 0 Å². The third kappa shape index (κ3) is 4.98. The van der Waals surface area contributed by atoms with E-state index in [0.29, 0.717) is 18.1 Å². The molecule has 0 aliphatic rings. The average molecular weight is 379 g/mol. The number of rotatable bonds is 7. The van der Waals surface area contributed by atoms with E-state index in [1.54, 1.807) is 13.2 Å². The van der Waals surface area contributed by atoms with Gasteiger partial charge in [-0.25, -0.2) is 0 Å². The number of anilines is 1. The molecule has 1 aromatic heterocycles. The van der Waals surface area contributed by atoms with Crippen LogP contribution in [0.2, 0.25) is 0 Å². The van der Waals surface area contributed by atoms with Crippen molar-refractivity contribution < 1.29 is 14.1 Å². The lowest BCUT2D eigenvalue weighted by Gasteiger charge is -2.18. The van der Waals surface area contributed by atoms with Crippen molar-refractivity contribution in [2.24, 2.45) is 0 Å². The standard InChI is InChI=1S/C22H25N3O3/c1-15-5-8-17(9-6-15)19-12-22(28-24-19)23-21(26)14-25(3)13-18-11-16(2)7-10-20(18)27-4/h5-12H,13-14H2,1-4H3,(H,23,26). The molecule has 6 nitrogen and oxygen atoms in total. The van der Waals surface area contributed by atoms with Crippen molar-refractivity contribution in [1.29, 1.82) is 0 Å². The fourth-order valence-electron chi connectivity index (χ4n) is 2.99. The van der Waals surface area contributed by atoms with Crippen molar-refractivity contribution >= 4 is 11.8 Å². The van der Waals surface area contributed by atoms with Gasteiger partial charge >= 0.3 is 0 Å². The Morgan fingerprint density at radius 2 is 1.82 bits per heavy atom. The van der Waals surface area contributed by atoms with Gasteiger partial charge in [0.05, 0.1) is 13.7 Å². The zero-order valence-corrected chi connectivity index (χ0v) is 16.7. The van der Waals surface area contributed by atoms with Gasteiger partial charge in [0.1, 0.15) is 11.4 Å². The van der Waals surface area contributed by atoms with Crippen LogP contribution in [0.25, 0.3) is 11.3 Å². The van der Waals surface area contributed by atoms with Gasteiger partial charge in [-0.3, -0.25) is 15.0 Å². The van der Waals surface area contributed by atoms with Gasteiger partial charge in [-0.05, 0) is 27.0 Å². The average Bonchev–Trinajstić information content (AvgIpc) is 3.10. The summed E-state index contributed by atoms with van der Waals surface area (Å²) in [6.45, 7) is 4.88. The Hall–Kier alpha value is -3.12. The van der Waals surface area contributed by atoms with Gasteiger partial charge in [0.2, 0.25) is 11.8 Å². The number of amides is 1. The molecule has 146 valence electrons. The molecule has 6 heteroatoms. The molecule has 3 aromatic rings. The lowest BCUT2D eigenvalue weighted by molar-refractivity contribution is -0.117. The van der Waals surface area contributed by atoms with Crippen LogP contribution >= 0.6 is 0 Å². The summed E-state index contributed by atoms with van der Waals surface area (Å²) in [7, 11) is 3.54. The Balaban J connectivity index is 1.58. The number of ether oxygens (including phenoxy) is 1. The van der Waals surface area contributed by atoms with E-state index in [1.165, 1.54) is 5.56 Å². The van der Waals surface area contributed by atoms with Gasteiger partial charge in [0, 0.05) is 23.7 Å².